The second-order valence-electron chi connectivity index (χ2n) is 5.91. The van der Waals surface area contributed by atoms with Gasteiger partial charge in [-0.05, 0) is 37.1 Å². The summed E-state index contributed by atoms with van der Waals surface area (Å²) in [6.07, 6.45) is 8.14. The lowest BCUT2D eigenvalue weighted by Gasteiger charge is -2.33. The van der Waals surface area contributed by atoms with Crippen molar-refractivity contribution in [2.24, 2.45) is 7.05 Å². The Kier molecular flexibility index (Phi) is 5.55. The number of nitrogens with zero attached hydrogens (tertiary/aromatic N) is 5. The molecular weight excluding hydrogens is 292 g/mol. The topological polar surface area (TPSA) is 68.1 Å². The van der Waals surface area contributed by atoms with E-state index in [0.29, 0.717) is 0 Å². The first-order chi connectivity index (χ1) is 11.3. The van der Waals surface area contributed by atoms with E-state index in [4.69, 9.17) is 4.74 Å². The molecule has 2 aromatic heterocycles. The minimum Gasteiger partial charge on any atom is -0.374 e. The number of aryl methyl sites for hydroxylation is 2. The molecular formula is C16H24N6O. The Labute approximate surface area is 136 Å². The van der Waals surface area contributed by atoms with Crippen LogP contribution >= 0.6 is 0 Å². The Morgan fingerprint density at radius 1 is 1.43 bits per heavy atom. The Bertz CT molecular complexity index is 587. The monoisotopic (exact) mass is 316 g/mol. The van der Waals surface area contributed by atoms with Gasteiger partial charge >= 0.3 is 0 Å². The number of aromatic nitrogens is 4. The van der Waals surface area contributed by atoms with Crippen molar-refractivity contribution in [2.75, 3.05) is 38.1 Å². The van der Waals surface area contributed by atoms with Gasteiger partial charge in [0.1, 0.15) is 5.82 Å². The van der Waals surface area contributed by atoms with Gasteiger partial charge in [-0.1, -0.05) is 0 Å². The third-order valence-electron chi connectivity index (χ3n) is 4.00. The highest BCUT2D eigenvalue weighted by molar-refractivity contribution is 5.31. The molecule has 2 aromatic rings. The Hall–Kier alpha value is -1.99. The van der Waals surface area contributed by atoms with Crippen LogP contribution in [0.25, 0.3) is 0 Å². The van der Waals surface area contributed by atoms with Crippen molar-refractivity contribution in [3.8, 4) is 0 Å². The van der Waals surface area contributed by atoms with Gasteiger partial charge in [0.2, 0.25) is 0 Å². The normalized spacial score (nSPS) is 18.9. The minimum atomic E-state index is 0.198. The van der Waals surface area contributed by atoms with E-state index in [2.05, 4.69) is 31.7 Å². The van der Waals surface area contributed by atoms with Crippen LogP contribution < -0.4 is 5.32 Å². The van der Waals surface area contributed by atoms with Crippen LogP contribution in [0.4, 0.5) is 5.82 Å². The standard InChI is InChI=1S/C16H24N6O/c1-21-12-14(10-19-21)4-3-7-22-8-9-23-15(13-22)11-17-16-5-2-6-18-20-16/h2,5-6,10,12,15H,3-4,7-9,11,13H2,1H3,(H,17,20). The van der Waals surface area contributed by atoms with Crippen LogP contribution in [0.3, 0.4) is 0 Å². The molecule has 3 heterocycles. The molecule has 0 bridgehead atoms. The zero-order chi connectivity index (χ0) is 15.9. The molecule has 7 nitrogen and oxygen atoms in total. The third kappa shape index (κ3) is 5.01. The molecule has 0 spiro atoms. The summed E-state index contributed by atoms with van der Waals surface area (Å²) >= 11 is 0. The van der Waals surface area contributed by atoms with Crippen molar-refractivity contribution in [3.05, 3.63) is 36.3 Å². The molecule has 1 fully saturated rings. The molecule has 7 heteroatoms. The fraction of sp³-hybridized carbons (Fsp3) is 0.562. The van der Waals surface area contributed by atoms with E-state index >= 15 is 0 Å². The van der Waals surface area contributed by atoms with Crippen molar-refractivity contribution >= 4 is 5.82 Å². The maximum atomic E-state index is 5.83. The summed E-state index contributed by atoms with van der Waals surface area (Å²) in [6, 6.07) is 3.79. The first-order valence-corrected chi connectivity index (χ1v) is 8.12. The number of hydrogen-bond donors (Lipinski definition) is 1. The predicted molar refractivity (Wildman–Crippen MR) is 88.2 cm³/mol. The molecule has 1 atom stereocenters. The average molecular weight is 316 g/mol. The number of nitrogens with one attached hydrogen (secondary N) is 1. The summed E-state index contributed by atoms with van der Waals surface area (Å²) < 4.78 is 7.69. The van der Waals surface area contributed by atoms with E-state index in [1.807, 2.05) is 30.1 Å². The molecule has 1 aliphatic rings. The van der Waals surface area contributed by atoms with E-state index in [9.17, 15) is 0 Å². The molecule has 1 aliphatic heterocycles. The summed E-state index contributed by atoms with van der Waals surface area (Å²) in [5.74, 6) is 0.796. The third-order valence-corrected chi connectivity index (χ3v) is 4.00. The molecule has 3 rings (SSSR count). The first kappa shape index (κ1) is 15.9. The van der Waals surface area contributed by atoms with Crippen LogP contribution in [-0.4, -0.2) is 63.8 Å². The van der Waals surface area contributed by atoms with Crippen LogP contribution in [0.15, 0.2) is 30.7 Å². The van der Waals surface area contributed by atoms with E-state index < -0.39 is 0 Å². The van der Waals surface area contributed by atoms with Crippen molar-refractivity contribution in [1.29, 1.82) is 0 Å². The van der Waals surface area contributed by atoms with Gasteiger partial charge in [-0.2, -0.15) is 10.2 Å². The van der Waals surface area contributed by atoms with Gasteiger partial charge in [0, 0.05) is 39.1 Å². The Balaban J connectivity index is 1.37. The zero-order valence-electron chi connectivity index (χ0n) is 13.6. The lowest BCUT2D eigenvalue weighted by molar-refractivity contribution is -0.0213. The summed E-state index contributed by atoms with van der Waals surface area (Å²) in [7, 11) is 1.96. The first-order valence-electron chi connectivity index (χ1n) is 8.12. The number of anilines is 1. The lowest BCUT2D eigenvalue weighted by atomic mass is 10.2. The van der Waals surface area contributed by atoms with Crippen molar-refractivity contribution < 1.29 is 4.74 Å². The minimum absolute atomic E-state index is 0.198. The van der Waals surface area contributed by atoms with Gasteiger partial charge in [-0.3, -0.25) is 9.58 Å². The number of ether oxygens (including phenoxy) is 1. The van der Waals surface area contributed by atoms with E-state index in [-0.39, 0.29) is 6.10 Å². The molecule has 0 amide bonds. The summed E-state index contributed by atoms with van der Waals surface area (Å²) in [4.78, 5) is 2.48. The molecule has 1 unspecified atom stereocenters. The van der Waals surface area contributed by atoms with Crippen LogP contribution in [0.1, 0.15) is 12.0 Å². The predicted octanol–water partition coefficient (Wildman–Crippen LogP) is 0.956. The van der Waals surface area contributed by atoms with E-state index in [0.717, 1.165) is 51.4 Å². The van der Waals surface area contributed by atoms with Crippen molar-refractivity contribution in [2.45, 2.75) is 18.9 Å². The number of rotatable bonds is 7. The van der Waals surface area contributed by atoms with Gasteiger partial charge in [-0.25, -0.2) is 0 Å². The highest BCUT2D eigenvalue weighted by Gasteiger charge is 2.20. The maximum Gasteiger partial charge on any atom is 0.148 e. The van der Waals surface area contributed by atoms with Crippen molar-refractivity contribution in [3.63, 3.8) is 0 Å². The average Bonchev–Trinajstić information content (AvgIpc) is 3.00. The van der Waals surface area contributed by atoms with Crippen LogP contribution in [0.5, 0.6) is 0 Å². The Morgan fingerprint density at radius 3 is 3.17 bits per heavy atom. The molecule has 0 saturated carbocycles. The summed E-state index contributed by atoms with van der Waals surface area (Å²) in [5, 5.41) is 15.4. The quantitative estimate of drug-likeness (QED) is 0.820. The smallest absolute Gasteiger partial charge is 0.148 e. The van der Waals surface area contributed by atoms with Crippen LogP contribution in [-0.2, 0) is 18.2 Å². The van der Waals surface area contributed by atoms with Crippen LogP contribution in [0.2, 0.25) is 0 Å². The van der Waals surface area contributed by atoms with Gasteiger partial charge < -0.3 is 10.1 Å². The fourth-order valence-corrected chi connectivity index (χ4v) is 2.83. The van der Waals surface area contributed by atoms with Gasteiger partial charge in [0.25, 0.3) is 0 Å². The maximum absolute atomic E-state index is 5.83. The van der Waals surface area contributed by atoms with Gasteiger partial charge in [0.05, 0.1) is 18.9 Å². The van der Waals surface area contributed by atoms with E-state index in [1.54, 1.807) is 6.20 Å². The largest absolute Gasteiger partial charge is 0.374 e. The Morgan fingerprint density at radius 2 is 2.39 bits per heavy atom. The zero-order valence-corrected chi connectivity index (χ0v) is 13.6. The molecule has 1 N–H and O–H groups in total. The van der Waals surface area contributed by atoms with Gasteiger partial charge in [-0.15, -0.1) is 5.10 Å². The van der Waals surface area contributed by atoms with Crippen LogP contribution in [0, 0.1) is 0 Å². The fourth-order valence-electron chi connectivity index (χ4n) is 2.83. The lowest BCUT2D eigenvalue weighted by Crippen LogP contribution is -2.45. The van der Waals surface area contributed by atoms with E-state index in [1.165, 1.54) is 5.56 Å². The molecule has 0 aromatic carbocycles. The summed E-state index contributed by atoms with van der Waals surface area (Å²) in [6.45, 7) is 4.62. The summed E-state index contributed by atoms with van der Waals surface area (Å²) in [5.41, 5.74) is 1.31. The number of hydrogen-bond acceptors (Lipinski definition) is 6. The van der Waals surface area contributed by atoms with Gasteiger partial charge in [0.15, 0.2) is 0 Å². The highest BCUT2D eigenvalue weighted by atomic mass is 16.5. The van der Waals surface area contributed by atoms with Crippen molar-refractivity contribution in [1.82, 2.24) is 24.9 Å². The molecule has 1 saturated heterocycles. The molecule has 0 aliphatic carbocycles. The molecule has 124 valence electrons. The molecule has 23 heavy (non-hydrogen) atoms. The number of morpholine rings is 1. The highest BCUT2D eigenvalue weighted by Crippen LogP contribution is 2.09. The molecule has 0 radical (unpaired) electrons. The SMILES string of the molecule is Cn1cc(CCCN2CCOC(CNc3cccnn3)C2)cn1. The second kappa shape index (κ2) is 8.03. The second-order valence-corrected chi connectivity index (χ2v) is 5.91.